The van der Waals surface area contributed by atoms with Crippen LogP contribution in [0.2, 0.25) is 0 Å². The van der Waals surface area contributed by atoms with E-state index in [-0.39, 0.29) is 5.52 Å². The number of hydrogen-bond acceptors (Lipinski definition) is 2. The molecule has 2 heterocycles. The highest BCUT2D eigenvalue weighted by atomic mass is 16.1. The molecule has 0 fully saturated rings. The third-order valence-electron chi connectivity index (χ3n) is 1.49. The van der Waals surface area contributed by atoms with Gasteiger partial charge in [0, 0.05) is 23.4 Å². The molecule has 0 saturated carbocycles. The highest BCUT2D eigenvalue weighted by Gasteiger charge is 1.98. The van der Waals surface area contributed by atoms with E-state index in [1.807, 2.05) is 0 Å². The van der Waals surface area contributed by atoms with Crippen molar-refractivity contribution in [1.82, 2.24) is 14.8 Å². The molecular formula is C7H7N3O. The highest BCUT2D eigenvalue weighted by Crippen LogP contribution is 2.04. The fraction of sp³-hybridized carbons (Fsp3) is 0.143. The summed E-state index contributed by atoms with van der Waals surface area (Å²) in [7, 11) is 0. The largest absolute Gasteiger partial charge is 0.309 e. The van der Waals surface area contributed by atoms with E-state index in [1.54, 1.807) is 0 Å². The predicted octanol–water partition coefficient (Wildman–Crippen LogP) is 0.262. The smallest absolute Gasteiger partial charge is 0.250 e. The van der Waals surface area contributed by atoms with Crippen LogP contribution >= 0.6 is 0 Å². The number of aromatic amines is 1. The van der Waals surface area contributed by atoms with Gasteiger partial charge in [0.25, 0.3) is 5.56 Å². The summed E-state index contributed by atoms with van der Waals surface area (Å²) in [5.41, 5.74) is 0.192. The van der Waals surface area contributed by atoms with Gasteiger partial charge in [0.15, 0.2) is 0 Å². The van der Waals surface area contributed by atoms with E-state index in [9.17, 15) is 4.79 Å². The van der Waals surface area contributed by atoms with Crippen molar-refractivity contribution < 1.29 is 4.11 Å². The van der Waals surface area contributed by atoms with Gasteiger partial charge < -0.3 is 4.57 Å². The minimum atomic E-state index is -2.47. The van der Waals surface area contributed by atoms with Crippen LogP contribution < -0.4 is 5.56 Å². The lowest BCUT2D eigenvalue weighted by Crippen LogP contribution is -2.14. The topological polar surface area (TPSA) is 50.7 Å². The first kappa shape index (κ1) is 3.71. The molecular weight excluding hydrogens is 142 g/mol. The summed E-state index contributed by atoms with van der Waals surface area (Å²) in [6.45, 7) is -2.47. The molecule has 2 rings (SSSR count). The molecule has 2 aromatic heterocycles. The lowest BCUT2D eigenvalue weighted by Gasteiger charge is -1.94. The second kappa shape index (κ2) is 1.95. The zero-order valence-corrected chi connectivity index (χ0v) is 5.53. The van der Waals surface area contributed by atoms with Crippen LogP contribution in [0.5, 0.6) is 0 Å². The molecule has 4 heteroatoms. The molecule has 0 aliphatic rings. The Kier molecular flexibility index (Phi) is 0.657. The van der Waals surface area contributed by atoms with Crippen LogP contribution in [-0.4, -0.2) is 14.8 Å². The van der Waals surface area contributed by atoms with Crippen LogP contribution in [0.1, 0.15) is 4.11 Å². The van der Waals surface area contributed by atoms with E-state index in [1.165, 1.54) is 18.3 Å². The number of aryl methyl sites for hydroxylation is 1. The van der Waals surface area contributed by atoms with Crippen molar-refractivity contribution >= 4 is 11.0 Å². The van der Waals surface area contributed by atoms with Gasteiger partial charge in [-0.1, -0.05) is 0 Å². The Morgan fingerprint density at radius 3 is 3.45 bits per heavy atom. The first-order chi connectivity index (χ1) is 6.50. The molecule has 4 nitrogen and oxygen atoms in total. The van der Waals surface area contributed by atoms with Gasteiger partial charge in [-0.15, -0.1) is 0 Å². The van der Waals surface area contributed by atoms with Gasteiger partial charge in [-0.25, -0.2) is 0 Å². The predicted molar refractivity (Wildman–Crippen MR) is 41.3 cm³/mol. The van der Waals surface area contributed by atoms with E-state index in [0.29, 0.717) is 5.52 Å². The van der Waals surface area contributed by atoms with Crippen LogP contribution in [0.3, 0.4) is 0 Å². The number of hydrogen-bond donors (Lipinski definition) is 1. The highest BCUT2D eigenvalue weighted by molar-refractivity contribution is 5.73. The molecule has 0 aliphatic heterocycles. The molecule has 0 saturated heterocycles. The van der Waals surface area contributed by atoms with E-state index >= 15 is 0 Å². The van der Waals surface area contributed by atoms with Crippen molar-refractivity contribution in [2.75, 3.05) is 0 Å². The van der Waals surface area contributed by atoms with Crippen molar-refractivity contribution in [1.29, 1.82) is 0 Å². The lowest BCUT2D eigenvalue weighted by atomic mass is 10.4. The van der Waals surface area contributed by atoms with E-state index in [4.69, 9.17) is 4.11 Å². The van der Waals surface area contributed by atoms with Crippen LogP contribution in [0.15, 0.2) is 23.1 Å². The van der Waals surface area contributed by atoms with Crippen molar-refractivity contribution in [2.24, 2.45) is 6.98 Å². The summed E-state index contributed by atoms with van der Waals surface area (Å²) in [6.07, 6.45) is 1.39. The molecule has 56 valence electrons. The Morgan fingerprint density at radius 1 is 1.73 bits per heavy atom. The van der Waals surface area contributed by atoms with Crippen LogP contribution in [-0.2, 0) is 6.98 Å². The molecule has 0 atom stereocenters. The Morgan fingerprint density at radius 2 is 2.64 bits per heavy atom. The number of rotatable bonds is 0. The number of H-pyrrole nitrogens is 1. The molecule has 0 amide bonds. The quantitative estimate of drug-likeness (QED) is 0.588. The number of nitrogens with zero attached hydrogens (tertiary/aromatic N) is 2. The first-order valence-electron chi connectivity index (χ1n) is 4.56. The molecule has 0 unspecified atom stereocenters. The molecule has 0 aromatic carbocycles. The van der Waals surface area contributed by atoms with E-state index in [2.05, 4.69) is 10.2 Å². The number of pyridine rings is 1. The maximum Gasteiger partial charge on any atom is 0.250 e. The fourth-order valence-corrected chi connectivity index (χ4v) is 0.939. The van der Waals surface area contributed by atoms with Gasteiger partial charge in [0.05, 0.1) is 5.52 Å². The Balaban J connectivity index is 2.91. The normalized spacial score (nSPS) is 15.8. The van der Waals surface area contributed by atoms with Gasteiger partial charge in [0.2, 0.25) is 0 Å². The van der Waals surface area contributed by atoms with Gasteiger partial charge in [-0.05, 0) is 6.07 Å². The maximum absolute atomic E-state index is 11.3. The molecule has 2 aromatic rings. The SMILES string of the molecule is [2H]C([2H])([2H])n1c(=O)ccc2n[nH]cc21. The Bertz CT molecular complexity index is 525. The third kappa shape index (κ3) is 0.756. The molecule has 0 radical (unpaired) electrons. The molecule has 11 heavy (non-hydrogen) atoms. The van der Waals surface area contributed by atoms with Crippen molar-refractivity contribution in [2.45, 2.75) is 0 Å². The maximum atomic E-state index is 11.3. The molecule has 0 spiro atoms. The third-order valence-corrected chi connectivity index (χ3v) is 1.49. The number of nitrogens with one attached hydrogen (secondary N) is 1. The monoisotopic (exact) mass is 152 g/mol. The molecule has 1 N–H and O–H groups in total. The Hall–Kier alpha value is -1.58. The molecule has 0 aliphatic carbocycles. The summed E-state index contributed by atoms with van der Waals surface area (Å²) in [6, 6.07) is 2.67. The van der Waals surface area contributed by atoms with Crippen molar-refractivity contribution in [3.8, 4) is 0 Å². The summed E-state index contributed by atoms with van der Waals surface area (Å²) in [4.78, 5) is 11.3. The second-order valence-electron chi connectivity index (χ2n) is 2.16. The van der Waals surface area contributed by atoms with Gasteiger partial charge in [-0.2, -0.15) is 5.10 Å². The summed E-state index contributed by atoms with van der Waals surface area (Å²) in [5.74, 6) is 0. The van der Waals surface area contributed by atoms with Crippen molar-refractivity contribution in [3.05, 3.63) is 28.7 Å². The van der Waals surface area contributed by atoms with Gasteiger partial charge >= 0.3 is 0 Å². The minimum Gasteiger partial charge on any atom is -0.309 e. The average Bonchev–Trinajstić information content (AvgIpc) is 2.48. The number of aromatic nitrogens is 3. The van der Waals surface area contributed by atoms with Crippen LogP contribution in [0.4, 0.5) is 0 Å². The summed E-state index contributed by atoms with van der Waals surface area (Å²) < 4.78 is 22.3. The van der Waals surface area contributed by atoms with Gasteiger partial charge in [0.1, 0.15) is 5.52 Å². The molecule has 0 bridgehead atoms. The zero-order chi connectivity index (χ0) is 10.3. The zero-order valence-electron chi connectivity index (χ0n) is 8.53. The fourth-order valence-electron chi connectivity index (χ4n) is 0.939. The Labute approximate surface area is 66.7 Å². The lowest BCUT2D eigenvalue weighted by molar-refractivity contribution is 0.907. The van der Waals surface area contributed by atoms with Crippen LogP contribution in [0.25, 0.3) is 11.0 Å². The first-order valence-corrected chi connectivity index (χ1v) is 3.06. The van der Waals surface area contributed by atoms with Crippen LogP contribution in [0, 0.1) is 0 Å². The van der Waals surface area contributed by atoms with E-state index < -0.39 is 12.5 Å². The summed E-state index contributed by atoms with van der Waals surface area (Å²) >= 11 is 0. The summed E-state index contributed by atoms with van der Waals surface area (Å²) in [5, 5.41) is 6.32. The minimum absolute atomic E-state index is 0.289. The van der Waals surface area contributed by atoms with Crippen molar-refractivity contribution in [3.63, 3.8) is 0 Å². The number of fused-ring (bicyclic) bond motifs is 1. The average molecular weight is 152 g/mol. The second-order valence-corrected chi connectivity index (χ2v) is 2.16. The van der Waals surface area contributed by atoms with E-state index in [0.717, 1.165) is 4.57 Å². The standard InChI is InChI=1S/C7H7N3O/c1-10-6-4-8-9-5(6)2-3-7(10)11/h2-4H,1H3,(H,8,9)/i1D3. The van der Waals surface area contributed by atoms with Gasteiger partial charge in [-0.3, -0.25) is 9.89 Å².